The highest BCUT2D eigenvalue weighted by Crippen LogP contribution is 2.21. The molecule has 4 rings (SSSR count). The fourth-order valence-electron chi connectivity index (χ4n) is 3.48. The minimum atomic E-state index is -3.68. The summed E-state index contributed by atoms with van der Waals surface area (Å²) in [7, 11) is -3.68. The zero-order valence-electron chi connectivity index (χ0n) is 17.8. The van der Waals surface area contributed by atoms with Gasteiger partial charge in [0.2, 0.25) is 5.91 Å². The molecule has 1 aliphatic heterocycles. The van der Waals surface area contributed by atoms with Gasteiger partial charge in [0.25, 0.3) is 10.0 Å². The minimum Gasteiger partial charge on any atom is -0.353 e. The fraction of sp³-hybridized carbons (Fsp3) is 0.318. The Bertz CT molecular complexity index is 1160. The highest BCUT2D eigenvalue weighted by atomic mass is 32.2. The van der Waals surface area contributed by atoms with Crippen LogP contribution < -0.4 is 9.62 Å². The van der Waals surface area contributed by atoms with Gasteiger partial charge >= 0.3 is 0 Å². The first kappa shape index (κ1) is 22.2. The normalized spacial score (nSPS) is 14.4. The molecule has 8 nitrogen and oxygen atoms in total. The lowest BCUT2D eigenvalue weighted by Crippen LogP contribution is -2.49. The van der Waals surface area contributed by atoms with E-state index in [0.717, 1.165) is 24.5 Å². The lowest BCUT2D eigenvalue weighted by molar-refractivity contribution is -0.131. The maximum absolute atomic E-state index is 12.6. The third kappa shape index (κ3) is 5.43. The molecule has 0 saturated carbocycles. The van der Waals surface area contributed by atoms with Crippen LogP contribution in [-0.4, -0.2) is 55.4 Å². The summed E-state index contributed by atoms with van der Waals surface area (Å²) in [5.74, 6) is 1.02. The summed E-state index contributed by atoms with van der Waals surface area (Å²) in [6, 6.07) is 12.5. The van der Waals surface area contributed by atoms with Gasteiger partial charge in [0.05, 0.1) is 10.6 Å². The molecule has 1 fully saturated rings. The Morgan fingerprint density at radius 3 is 2.53 bits per heavy atom. The van der Waals surface area contributed by atoms with Crippen molar-refractivity contribution in [1.29, 1.82) is 0 Å². The van der Waals surface area contributed by atoms with Crippen molar-refractivity contribution in [2.75, 3.05) is 35.8 Å². The Labute approximate surface area is 192 Å². The molecule has 2 aromatic heterocycles. The van der Waals surface area contributed by atoms with E-state index in [4.69, 9.17) is 0 Å². The van der Waals surface area contributed by atoms with Crippen molar-refractivity contribution in [2.45, 2.75) is 24.7 Å². The second-order valence-electron chi connectivity index (χ2n) is 7.62. The maximum atomic E-state index is 12.6. The van der Waals surface area contributed by atoms with Crippen molar-refractivity contribution in [2.24, 2.45) is 0 Å². The number of benzene rings is 1. The van der Waals surface area contributed by atoms with E-state index in [9.17, 15) is 13.2 Å². The van der Waals surface area contributed by atoms with Crippen molar-refractivity contribution < 1.29 is 13.2 Å². The highest BCUT2D eigenvalue weighted by molar-refractivity contribution is 7.93. The van der Waals surface area contributed by atoms with Gasteiger partial charge in [-0.2, -0.15) is 0 Å². The molecule has 0 radical (unpaired) electrons. The topological polar surface area (TPSA) is 95.5 Å². The van der Waals surface area contributed by atoms with E-state index < -0.39 is 10.0 Å². The Hall–Kier alpha value is -2.98. The van der Waals surface area contributed by atoms with Crippen LogP contribution in [0.5, 0.6) is 0 Å². The molecular weight excluding hydrogens is 446 g/mol. The number of pyridine rings is 1. The van der Waals surface area contributed by atoms with Crippen molar-refractivity contribution in [3.63, 3.8) is 0 Å². The van der Waals surface area contributed by atoms with Gasteiger partial charge in [-0.1, -0.05) is 23.8 Å². The van der Waals surface area contributed by atoms with E-state index >= 15 is 0 Å². The largest absolute Gasteiger partial charge is 0.353 e. The number of aromatic nitrogens is 2. The highest BCUT2D eigenvalue weighted by Gasteiger charge is 2.22. The first-order valence-corrected chi connectivity index (χ1v) is 12.7. The average molecular weight is 472 g/mol. The summed E-state index contributed by atoms with van der Waals surface area (Å²) in [6.07, 6.45) is 2.59. The van der Waals surface area contributed by atoms with Crippen LogP contribution in [0.3, 0.4) is 0 Å². The van der Waals surface area contributed by atoms with E-state index in [2.05, 4.69) is 19.6 Å². The summed E-state index contributed by atoms with van der Waals surface area (Å²) in [6.45, 7) is 4.73. The van der Waals surface area contributed by atoms with Crippen LogP contribution in [0, 0.1) is 6.92 Å². The molecule has 10 heteroatoms. The number of carbonyl (C=O) groups is 1. The van der Waals surface area contributed by atoms with Crippen molar-refractivity contribution >= 4 is 38.2 Å². The van der Waals surface area contributed by atoms with Gasteiger partial charge in [-0.25, -0.2) is 18.4 Å². The Morgan fingerprint density at radius 1 is 1.09 bits per heavy atom. The van der Waals surface area contributed by atoms with Gasteiger partial charge in [-0.15, -0.1) is 11.3 Å². The van der Waals surface area contributed by atoms with Gasteiger partial charge in [-0.05, 0) is 37.6 Å². The Kier molecular flexibility index (Phi) is 6.71. The summed E-state index contributed by atoms with van der Waals surface area (Å²) < 4.78 is 27.5. The van der Waals surface area contributed by atoms with Crippen LogP contribution >= 0.6 is 11.3 Å². The number of rotatable bonds is 7. The summed E-state index contributed by atoms with van der Waals surface area (Å²) in [5, 5.41) is 2.09. The number of hydrogen-bond acceptors (Lipinski definition) is 7. The maximum Gasteiger partial charge on any atom is 0.263 e. The first-order chi connectivity index (χ1) is 15.4. The summed E-state index contributed by atoms with van der Waals surface area (Å²) in [5.41, 5.74) is 1.69. The number of sulfonamides is 1. The van der Waals surface area contributed by atoms with Crippen LogP contribution in [0.1, 0.15) is 17.7 Å². The van der Waals surface area contributed by atoms with Gasteiger partial charge in [-0.3, -0.25) is 9.52 Å². The molecule has 32 heavy (non-hydrogen) atoms. The third-order valence-electron chi connectivity index (χ3n) is 5.31. The quantitative estimate of drug-likeness (QED) is 0.569. The van der Waals surface area contributed by atoms with E-state index in [1.807, 2.05) is 30.0 Å². The van der Waals surface area contributed by atoms with E-state index in [-0.39, 0.29) is 10.8 Å². The molecule has 0 spiro atoms. The van der Waals surface area contributed by atoms with Crippen molar-refractivity contribution in [3.8, 4) is 0 Å². The molecule has 0 atom stereocenters. The number of nitrogens with one attached hydrogen (secondary N) is 1. The van der Waals surface area contributed by atoms with Crippen LogP contribution in [0.4, 0.5) is 10.9 Å². The van der Waals surface area contributed by atoms with Crippen LogP contribution in [-0.2, 0) is 21.2 Å². The van der Waals surface area contributed by atoms with Gasteiger partial charge < -0.3 is 9.80 Å². The smallest absolute Gasteiger partial charge is 0.263 e. The Balaban J connectivity index is 1.27. The molecule has 0 bridgehead atoms. The molecule has 1 saturated heterocycles. The lowest BCUT2D eigenvalue weighted by atomic mass is 10.2. The predicted octanol–water partition coefficient (Wildman–Crippen LogP) is 2.93. The number of piperazine rings is 1. The van der Waals surface area contributed by atoms with Crippen LogP contribution in [0.15, 0.2) is 58.9 Å². The summed E-state index contributed by atoms with van der Waals surface area (Å²) >= 11 is 1.22. The minimum absolute atomic E-state index is 0.0838. The van der Waals surface area contributed by atoms with Crippen LogP contribution in [0.25, 0.3) is 0 Å². The molecule has 1 aromatic carbocycles. The number of thiazole rings is 1. The van der Waals surface area contributed by atoms with Gasteiger partial charge in [0.1, 0.15) is 5.82 Å². The number of hydrogen-bond donors (Lipinski definition) is 1. The molecule has 168 valence electrons. The monoisotopic (exact) mass is 471 g/mol. The standard InChI is InChI=1S/C22H25N5O3S2/c1-17-5-8-19(9-6-17)32(29,30)25-22-24-18(16-31-22)7-10-21(28)27-14-12-26(13-15-27)20-4-2-3-11-23-20/h2-6,8-9,11,16H,7,10,12-15H2,1H3,(H,24,25). The number of nitrogens with zero attached hydrogens (tertiary/aromatic N) is 4. The molecule has 1 amide bonds. The molecule has 0 aliphatic carbocycles. The van der Waals surface area contributed by atoms with E-state index in [0.29, 0.717) is 36.8 Å². The van der Waals surface area contributed by atoms with Crippen molar-refractivity contribution in [3.05, 3.63) is 65.3 Å². The predicted molar refractivity (Wildman–Crippen MR) is 125 cm³/mol. The third-order valence-corrected chi connectivity index (χ3v) is 7.60. The number of carbonyl (C=O) groups excluding carboxylic acids is 1. The fourth-order valence-corrected chi connectivity index (χ4v) is 5.48. The van der Waals surface area contributed by atoms with Crippen molar-refractivity contribution in [1.82, 2.24) is 14.9 Å². The SMILES string of the molecule is Cc1ccc(S(=O)(=O)Nc2nc(CCC(=O)N3CCN(c4ccccn4)CC3)cs2)cc1. The zero-order chi connectivity index (χ0) is 22.6. The Morgan fingerprint density at radius 2 is 1.84 bits per heavy atom. The zero-order valence-corrected chi connectivity index (χ0v) is 19.4. The number of anilines is 2. The molecule has 3 aromatic rings. The first-order valence-electron chi connectivity index (χ1n) is 10.4. The lowest BCUT2D eigenvalue weighted by Gasteiger charge is -2.35. The second kappa shape index (κ2) is 9.66. The number of amides is 1. The molecule has 1 aliphatic rings. The molecule has 0 unspecified atom stereocenters. The van der Waals surface area contributed by atoms with E-state index in [1.54, 1.807) is 35.8 Å². The number of aryl methyl sites for hydroxylation is 2. The molecular formula is C22H25N5O3S2. The van der Waals surface area contributed by atoms with Gasteiger partial charge in [0.15, 0.2) is 5.13 Å². The molecule has 3 heterocycles. The summed E-state index contributed by atoms with van der Waals surface area (Å²) in [4.78, 5) is 25.6. The van der Waals surface area contributed by atoms with Crippen LogP contribution in [0.2, 0.25) is 0 Å². The second-order valence-corrected chi connectivity index (χ2v) is 10.2. The van der Waals surface area contributed by atoms with Gasteiger partial charge in [0, 0.05) is 44.2 Å². The molecule has 1 N–H and O–H groups in total. The average Bonchev–Trinajstić information content (AvgIpc) is 3.25. The van der Waals surface area contributed by atoms with E-state index in [1.165, 1.54) is 11.3 Å².